The summed E-state index contributed by atoms with van der Waals surface area (Å²) in [6.07, 6.45) is -3.90. The number of aldehydes is 1. The third kappa shape index (κ3) is 8.63. The molecule has 4 nitrogen and oxygen atoms in total. The molecule has 33 heavy (non-hydrogen) atoms. The van der Waals surface area contributed by atoms with Crippen molar-refractivity contribution in [2.75, 3.05) is 5.73 Å². The van der Waals surface area contributed by atoms with Crippen molar-refractivity contribution in [3.8, 4) is 0 Å². The monoisotopic (exact) mass is 471 g/mol. The molecule has 1 aromatic heterocycles. The van der Waals surface area contributed by atoms with Gasteiger partial charge in [0.05, 0.1) is 17.3 Å². The Morgan fingerprint density at radius 3 is 1.67 bits per heavy atom. The number of carbonyl (C=O) groups is 1. The van der Waals surface area contributed by atoms with Crippen molar-refractivity contribution in [1.82, 2.24) is 9.78 Å². The van der Waals surface area contributed by atoms with Crippen LogP contribution in [0.25, 0.3) is 0 Å². The zero-order valence-electron chi connectivity index (χ0n) is 17.5. The van der Waals surface area contributed by atoms with Gasteiger partial charge >= 0.3 is 12.4 Å². The first kappa shape index (κ1) is 26.0. The summed E-state index contributed by atoms with van der Waals surface area (Å²) in [6, 6.07) is 11.8. The summed E-state index contributed by atoms with van der Waals surface area (Å²) in [5.74, 6) is 0.590. The largest absolute Gasteiger partial charge is 0.416 e. The van der Waals surface area contributed by atoms with Gasteiger partial charge in [0.1, 0.15) is 12.1 Å². The van der Waals surface area contributed by atoms with Crippen LogP contribution in [-0.2, 0) is 36.5 Å². The lowest BCUT2D eigenvalue weighted by molar-refractivity contribution is -0.138. The van der Waals surface area contributed by atoms with Crippen LogP contribution in [0.4, 0.5) is 32.2 Å². The summed E-state index contributed by atoms with van der Waals surface area (Å²) in [6.45, 7) is 0.653. The van der Waals surface area contributed by atoms with Crippen LogP contribution in [0.3, 0.4) is 0 Å². The van der Waals surface area contributed by atoms with Crippen LogP contribution in [0.15, 0.2) is 60.8 Å². The van der Waals surface area contributed by atoms with Crippen LogP contribution in [0.5, 0.6) is 0 Å². The Balaban J connectivity index is 0.000000245. The maximum atomic E-state index is 12.4. The van der Waals surface area contributed by atoms with Gasteiger partial charge in [-0.3, -0.25) is 4.68 Å². The normalized spacial score (nSPS) is 11.6. The van der Waals surface area contributed by atoms with Crippen LogP contribution < -0.4 is 5.73 Å². The standard InChI is InChI=1S/C13H14F3N3.C10H9F3O/c14-13(15,16)11-5-3-10(4-6-11)2-1-9-19-12(17)7-8-18-19;11-10(12,13)9-5-3-8(4-6-9)2-1-7-14/h3-8H,1-2,9,17H2;3-7H,1-2H2. The lowest BCUT2D eigenvalue weighted by Crippen LogP contribution is -2.06. The van der Waals surface area contributed by atoms with Crippen molar-refractivity contribution < 1.29 is 31.1 Å². The van der Waals surface area contributed by atoms with Gasteiger partial charge in [-0.15, -0.1) is 0 Å². The molecule has 3 aromatic rings. The van der Waals surface area contributed by atoms with Crippen molar-refractivity contribution in [2.45, 2.75) is 44.6 Å². The van der Waals surface area contributed by atoms with E-state index in [0.29, 0.717) is 31.6 Å². The van der Waals surface area contributed by atoms with Crippen LogP contribution in [0.1, 0.15) is 35.1 Å². The van der Waals surface area contributed by atoms with Crippen LogP contribution in [0.2, 0.25) is 0 Å². The number of nitrogens with two attached hydrogens (primary N) is 1. The molecular weight excluding hydrogens is 448 g/mol. The van der Waals surface area contributed by atoms with Gasteiger partial charge in [0.15, 0.2) is 0 Å². The van der Waals surface area contributed by atoms with Crippen LogP contribution >= 0.6 is 0 Å². The molecule has 0 saturated heterocycles. The SMILES string of the molecule is Nc1ccnn1CCCc1ccc(C(F)(F)F)cc1.O=CCCc1ccc(C(F)(F)F)cc1. The molecule has 0 unspecified atom stereocenters. The minimum absolute atomic E-state index is 0.339. The Morgan fingerprint density at radius 1 is 0.788 bits per heavy atom. The van der Waals surface area contributed by atoms with E-state index in [1.807, 2.05) is 0 Å². The van der Waals surface area contributed by atoms with E-state index in [9.17, 15) is 31.1 Å². The fourth-order valence-corrected chi connectivity index (χ4v) is 2.91. The number of hydrogen-bond acceptors (Lipinski definition) is 3. The molecule has 3 rings (SSSR count). The predicted molar refractivity (Wildman–Crippen MR) is 112 cm³/mol. The molecule has 1 heterocycles. The zero-order chi connectivity index (χ0) is 24.5. The Hall–Kier alpha value is -3.30. The Morgan fingerprint density at radius 2 is 1.27 bits per heavy atom. The van der Waals surface area contributed by atoms with E-state index in [1.165, 1.54) is 24.3 Å². The van der Waals surface area contributed by atoms with E-state index in [1.54, 1.807) is 16.9 Å². The molecule has 10 heteroatoms. The smallest absolute Gasteiger partial charge is 0.384 e. The Kier molecular flexibility index (Phi) is 9.07. The zero-order valence-corrected chi connectivity index (χ0v) is 17.5. The van der Waals surface area contributed by atoms with E-state index in [0.717, 1.165) is 48.1 Å². The molecule has 0 amide bonds. The second-order valence-corrected chi connectivity index (χ2v) is 7.18. The summed E-state index contributed by atoms with van der Waals surface area (Å²) >= 11 is 0. The number of carbonyl (C=O) groups excluding carboxylic acids is 1. The quantitative estimate of drug-likeness (QED) is 0.342. The topological polar surface area (TPSA) is 60.9 Å². The van der Waals surface area contributed by atoms with Crippen molar-refractivity contribution >= 4 is 12.1 Å². The maximum absolute atomic E-state index is 12.4. The molecule has 0 radical (unpaired) electrons. The number of rotatable bonds is 7. The Bertz CT molecular complexity index is 993. The lowest BCUT2D eigenvalue weighted by atomic mass is 10.1. The highest BCUT2D eigenvalue weighted by Gasteiger charge is 2.30. The highest BCUT2D eigenvalue weighted by Crippen LogP contribution is 2.30. The van der Waals surface area contributed by atoms with Crippen LogP contribution in [0, 0.1) is 0 Å². The molecule has 0 bridgehead atoms. The third-order valence-electron chi connectivity index (χ3n) is 4.70. The highest BCUT2D eigenvalue weighted by molar-refractivity contribution is 5.50. The highest BCUT2D eigenvalue weighted by atomic mass is 19.4. The van der Waals surface area contributed by atoms with Gasteiger partial charge < -0.3 is 10.5 Å². The minimum atomic E-state index is -4.29. The number of nitrogens with zero attached hydrogens (tertiary/aromatic N) is 2. The van der Waals surface area contributed by atoms with Crippen molar-refractivity contribution in [1.29, 1.82) is 0 Å². The first-order valence-electron chi connectivity index (χ1n) is 10.0. The second kappa shape index (κ2) is 11.5. The number of alkyl halides is 6. The molecule has 0 saturated carbocycles. The van der Waals surface area contributed by atoms with Gasteiger partial charge in [0.25, 0.3) is 0 Å². The van der Waals surface area contributed by atoms with E-state index in [2.05, 4.69) is 5.10 Å². The first-order valence-corrected chi connectivity index (χ1v) is 10.0. The van der Waals surface area contributed by atoms with Gasteiger partial charge in [0, 0.05) is 13.0 Å². The average molecular weight is 471 g/mol. The summed E-state index contributed by atoms with van der Waals surface area (Å²) in [7, 11) is 0. The molecule has 0 atom stereocenters. The molecule has 0 aliphatic rings. The number of aryl methyl sites for hydroxylation is 3. The van der Waals surface area contributed by atoms with E-state index >= 15 is 0 Å². The Labute approximate surface area is 187 Å². The molecule has 0 aliphatic carbocycles. The predicted octanol–water partition coefficient (Wildman–Crippen LogP) is 5.95. The van der Waals surface area contributed by atoms with Gasteiger partial charge in [-0.25, -0.2) is 0 Å². The third-order valence-corrected chi connectivity index (χ3v) is 4.70. The molecule has 2 N–H and O–H groups in total. The summed E-state index contributed by atoms with van der Waals surface area (Å²) in [4.78, 5) is 10.0. The first-order chi connectivity index (χ1) is 15.5. The summed E-state index contributed by atoms with van der Waals surface area (Å²) in [5, 5.41) is 4.04. The molecule has 0 fully saturated rings. The minimum Gasteiger partial charge on any atom is -0.384 e. The fourth-order valence-electron chi connectivity index (χ4n) is 2.91. The van der Waals surface area contributed by atoms with E-state index < -0.39 is 23.5 Å². The van der Waals surface area contributed by atoms with E-state index in [-0.39, 0.29) is 0 Å². The number of hydrogen-bond donors (Lipinski definition) is 1. The molecule has 178 valence electrons. The number of nitrogen functional groups attached to an aromatic ring is 1. The van der Waals surface area contributed by atoms with Gasteiger partial charge in [-0.05, 0) is 60.7 Å². The lowest BCUT2D eigenvalue weighted by Gasteiger charge is -2.08. The molecular formula is C23H23F6N3O. The maximum Gasteiger partial charge on any atom is 0.416 e. The number of aromatic nitrogens is 2. The van der Waals surface area contributed by atoms with Crippen LogP contribution in [-0.4, -0.2) is 16.1 Å². The van der Waals surface area contributed by atoms with Crippen molar-refractivity contribution in [3.05, 3.63) is 83.0 Å². The van der Waals surface area contributed by atoms with Gasteiger partial charge in [-0.2, -0.15) is 31.4 Å². The summed E-state index contributed by atoms with van der Waals surface area (Å²) in [5.41, 5.74) is 6.00. The second-order valence-electron chi connectivity index (χ2n) is 7.18. The van der Waals surface area contributed by atoms with Crippen molar-refractivity contribution in [3.63, 3.8) is 0 Å². The molecule has 2 aromatic carbocycles. The number of anilines is 1. The van der Waals surface area contributed by atoms with E-state index in [4.69, 9.17) is 5.73 Å². The average Bonchev–Trinajstić information content (AvgIpc) is 3.17. The van der Waals surface area contributed by atoms with Gasteiger partial charge in [-0.1, -0.05) is 24.3 Å². The molecule has 0 spiro atoms. The fraction of sp³-hybridized carbons (Fsp3) is 0.304. The number of benzene rings is 2. The van der Waals surface area contributed by atoms with Crippen molar-refractivity contribution in [2.24, 2.45) is 0 Å². The number of halogens is 6. The van der Waals surface area contributed by atoms with Gasteiger partial charge in [0.2, 0.25) is 0 Å². The summed E-state index contributed by atoms with van der Waals surface area (Å²) < 4.78 is 75.1. The molecule has 0 aliphatic heterocycles.